The topological polar surface area (TPSA) is 121 Å². The molecule has 9 nitrogen and oxygen atoms in total. The van der Waals surface area contributed by atoms with Crippen LogP contribution in [-0.2, 0) is 27.7 Å². The van der Waals surface area contributed by atoms with Crippen molar-refractivity contribution < 1.29 is 19.4 Å². The van der Waals surface area contributed by atoms with Crippen molar-refractivity contribution in [2.75, 3.05) is 33.0 Å². The van der Waals surface area contributed by atoms with Gasteiger partial charge in [-0.2, -0.15) is 0 Å². The van der Waals surface area contributed by atoms with Gasteiger partial charge in [-0.1, -0.05) is 6.07 Å². The third-order valence-corrected chi connectivity index (χ3v) is 5.61. The van der Waals surface area contributed by atoms with Gasteiger partial charge < -0.3 is 25.6 Å². The summed E-state index contributed by atoms with van der Waals surface area (Å²) in [4.78, 5) is 25.1. The van der Waals surface area contributed by atoms with Crippen molar-refractivity contribution in [2.24, 2.45) is 12.8 Å². The standard InChI is InChI=1S/C22H34N4O5/c1-25-19-15-16(5-2-11-30-13-4-14-31-12-3-10-23)6-7-17(19)26(22(25)29)18-8-9-20(27)24-21(18)28/h6-7,15,18,20,27H,2-5,8-14,23H2,1H3,(H,24,28). The molecule has 2 atom stereocenters. The predicted octanol–water partition coefficient (Wildman–Crippen LogP) is 0.814. The molecule has 1 saturated heterocycles. The van der Waals surface area contributed by atoms with E-state index < -0.39 is 12.3 Å². The Morgan fingerprint density at radius 3 is 2.48 bits per heavy atom. The number of nitrogens with two attached hydrogens (primary N) is 1. The van der Waals surface area contributed by atoms with Crippen LogP contribution in [0.1, 0.15) is 43.7 Å². The number of aliphatic hydroxyl groups excluding tert-OH is 1. The van der Waals surface area contributed by atoms with Crippen LogP contribution in [0.15, 0.2) is 23.0 Å². The molecule has 0 bridgehead atoms. The van der Waals surface area contributed by atoms with Crippen LogP contribution in [0.2, 0.25) is 0 Å². The van der Waals surface area contributed by atoms with E-state index in [1.807, 2.05) is 18.2 Å². The third-order valence-electron chi connectivity index (χ3n) is 5.61. The van der Waals surface area contributed by atoms with Gasteiger partial charge in [-0.15, -0.1) is 0 Å². The summed E-state index contributed by atoms with van der Waals surface area (Å²) in [5.74, 6) is -0.320. The molecule has 0 saturated carbocycles. The number of hydrogen-bond acceptors (Lipinski definition) is 6. The number of benzene rings is 1. The minimum absolute atomic E-state index is 0.222. The van der Waals surface area contributed by atoms with Gasteiger partial charge in [0.1, 0.15) is 12.3 Å². The number of rotatable bonds is 12. The number of fused-ring (bicyclic) bond motifs is 1. The minimum atomic E-state index is -0.841. The summed E-state index contributed by atoms with van der Waals surface area (Å²) in [5, 5.41) is 12.1. The molecule has 1 aromatic heterocycles. The second-order valence-electron chi connectivity index (χ2n) is 7.98. The predicted molar refractivity (Wildman–Crippen MR) is 118 cm³/mol. The number of carbonyl (C=O) groups excluding carboxylic acids is 1. The maximum atomic E-state index is 12.8. The molecule has 3 rings (SSSR count). The van der Waals surface area contributed by atoms with Crippen LogP contribution in [0.3, 0.4) is 0 Å². The highest BCUT2D eigenvalue weighted by Gasteiger charge is 2.31. The number of carbonyl (C=O) groups is 1. The molecule has 2 unspecified atom stereocenters. The number of piperidine rings is 1. The summed E-state index contributed by atoms with van der Waals surface area (Å²) in [6.45, 7) is 3.40. The molecule has 0 spiro atoms. The Hall–Kier alpha value is -2.20. The molecule has 2 aromatic rings. The molecule has 1 aliphatic rings. The van der Waals surface area contributed by atoms with Crippen LogP contribution in [0, 0.1) is 0 Å². The summed E-state index contributed by atoms with van der Waals surface area (Å²) in [7, 11) is 1.72. The highest BCUT2D eigenvalue weighted by atomic mass is 16.5. The second kappa shape index (κ2) is 11.4. The number of ether oxygens (including phenoxy) is 2. The molecule has 9 heteroatoms. The minimum Gasteiger partial charge on any atom is -0.381 e. The average molecular weight is 435 g/mol. The zero-order valence-electron chi connectivity index (χ0n) is 18.2. The monoisotopic (exact) mass is 434 g/mol. The van der Waals surface area contributed by atoms with E-state index in [0.717, 1.165) is 42.3 Å². The number of aromatic nitrogens is 2. The molecular formula is C22H34N4O5. The van der Waals surface area contributed by atoms with Gasteiger partial charge in [0.2, 0.25) is 5.91 Å². The Kier molecular flexibility index (Phi) is 8.65. The van der Waals surface area contributed by atoms with E-state index in [1.165, 1.54) is 0 Å². The molecule has 4 N–H and O–H groups in total. The highest BCUT2D eigenvalue weighted by Crippen LogP contribution is 2.24. The fraction of sp³-hybridized carbons (Fsp3) is 0.636. The third kappa shape index (κ3) is 5.94. The number of amides is 1. The summed E-state index contributed by atoms with van der Waals surface area (Å²) in [6.07, 6.45) is 3.51. The zero-order chi connectivity index (χ0) is 22.2. The van der Waals surface area contributed by atoms with E-state index in [9.17, 15) is 14.7 Å². The maximum absolute atomic E-state index is 12.8. The Morgan fingerprint density at radius 1 is 1.06 bits per heavy atom. The van der Waals surface area contributed by atoms with Gasteiger partial charge in [-0.3, -0.25) is 13.9 Å². The van der Waals surface area contributed by atoms with Gasteiger partial charge in [0, 0.05) is 33.5 Å². The molecular weight excluding hydrogens is 400 g/mol. The molecule has 31 heavy (non-hydrogen) atoms. The first kappa shape index (κ1) is 23.5. The second-order valence-corrected chi connectivity index (χ2v) is 7.98. The Morgan fingerprint density at radius 2 is 1.77 bits per heavy atom. The van der Waals surface area contributed by atoms with Crippen LogP contribution in [0.4, 0.5) is 0 Å². The zero-order valence-corrected chi connectivity index (χ0v) is 18.2. The van der Waals surface area contributed by atoms with E-state index in [-0.39, 0.29) is 11.6 Å². The SMILES string of the molecule is Cn1c(=O)n(C2CCC(O)NC2=O)c2ccc(CCCOCCCOCCCN)cc21. The molecule has 1 aliphatic heterocycles. The highest BCUT2D eigenvalue weighted by molar-refractivity contribution is 5.85. The Labute approximate surface area is 182 Å². The quantitative estimate of drug-likeness (QED) is 0.425. The van der Waals surface area contributed by atoms with Gasteiger partial charge in [0.15, 0.2) is 0 Å². The summed E-state index contributed by atoms with van der Waals surface area (Å²) < 4.78 is 14.2. The van der Waals surface area contributed by atoms with Crippen LogP contribution in [0.5, 0.6) is 0 Å². The summed E-state index contributed by atoms with van der Waals surface area (Å²) in [5.41, 5.74) is 7.86. The average Bonchev–Trinajstić information content (AvgIpc) is 3.00. The normalized spacial score (nSPS) is 19.1. The number of nitrogens with one attached hydrogen (secondary N) is 1. The molecule has 1 aromatic carbocycles. The van der Waals surface area contributed by atoms with Gasteiger partial charge in [-0.25, -0.2) is 4.79 Å². The molecule has 172 valence electrons. The van der Waals surface area contributed by atoms with Crippen LogP contribution >= 0.6 is 0 Å². The van der Waals surface area contributed by atoms with Crippen molar-refractivity contribution >= 4 is 16.9 Å². The van der Waals surface area contributed by atoms with Crippen molar-refractivity contribution in [1.82, 2.24) is 14.5 Å². The van der Waals surface area contributed by atoms with E-state index in [4.69, 9.17) is 15.2 Å². The fourth-order valence-electron chi connectivity index (χ4n) is 3.92. The lowest BCUT2D eigenvalue weighted by molar-refractivity contribution is -0.130. The maximum Gasteiger partial charge on any atom is 0.329 e. The van der Waals surface area contributed by atoms with Crippen molar-refractivity contribution in [2.45, 2.75) is 50.8 Å². The molecule has 1 amide bonds. The number of aryl methyl sites for hydroxylation is 2. The van der Waals surface area contributed by atoms with Crippen molar-refractivity contribution in [3.8, 4) is 0 Å². The fourth-order valence-corrected chi connectivity index (χ4v) is 3.92. The first-order chi connectivity index (χ1) is 15.0. The van der Waals surface area contributed by atoms with Crippen LogP contribution in [-0.4, -0.2) is 59.3 Å². The Balaban J connectivity index is 1.53. The molecule has 0 radical (unpaired) electrons. The van der Waals surface area contributed by atoms with Crippen molar-refractivity contribution in [3.05, 3.63) is 34.2 Å². The van der Waals surface area contributed by atoms with E-state index in [0.29, 0.717) is 45.8 Å². The summed E-state index contributed by atoms with van der Waals surface area (Å²) >= 11 is 0. The first-order valence-electron chi connectivity index (χ1n) is 11.1. The number of hydrogen-bond donors (Lipinski definition) is 3. The number of nitrogens with zero attached hydrogens (tertiary/aromatic N) is 2. The van der Waals surface area contributed by atoms with E-state index in [2.05, 4.69) is 5.32 Å². The summed E-state index contributed by atoms with van der Waals surface area (Å²) in [6, 6.07) is 5.31. The van der Waals surface area contributed by atoms with Crippen LogP contribution < -0.4 is 16.7 Å². The lowest BCUT2D eigenvalue weighted by atomic mass is 10.0. The molecule has 1 fully saturated rings. The van der Waals surface area contributed by atoms with E-state index in [1.54, 1.807) is 16.2 Å². The first-order valence-corrected chi connectivity index (χ1v) is 11.1. The van der Waals surface area contributed by atoms with Gasteiger partial charge >= 0.3 is 5.69 Å². The molecule has 0 aliphatic carbocycles. The number of imidazole rings is 1. The largest absolute Gasteiger partial charge is 0.381 e. The van der Waals surface area contributed by atoms with Crippen molar-refractivity contribution in [3.63, 3.8) is 0 Å². The van der Waals surface area contributed by atoms with Crippen molar-refractivity contribution in [1.29, 1.82) is 0 Å². The smallest absolute Gasteiger partial charge is 0.329 e. The van der Waals surface area contributed by atoms with Gasteiger partial charge in [-0.05, 0) is 62.8 Å². The van der Waals surface area contributed by atoms with E-state index >= 15 is 0 Å². The Bertz CT molecular complexity index is 922. The lowest BCUT2D eigenvalue weighted by Crippen LogP contribution is -2.46. The number of aliphatic hydroxyl groups is 1. The van der Waals surface area contributed by atoms with Crippen LogP contribution in [0.25, 0.3) is 11.0 Å². The lowest BCUT2D eigenvalue weighted by Gasteiger charge is -2.26. The van der Waals surface area contributed by atoms with Gasteiger partial charge in [0.05, 0.1) is 11.0 Å². The molecule has 2 heterocycles. The van der Waals surface area contributed by atoms with Gasteiger partial charge in [0.25, 0.3) is 0 Å².